The second kappa shape index (κ2) is 8.87. The average molecular weight is 545 g/mol. The number of rotatable bonds is 5. The van der Waals surface area contributed by atoms with Crippen molar-refractivity contribution in [1.29, 1.82) is 0 Å². The van der Waals surface area contributed by atoms with Crippen molar-refractivity contribution >= 4 is 5.91 Å². The van der Waals surface area contributed by atoms with E-state index in [-0.39, 0.29) is 35.5 Å². The fourth-order valence-corrected chi connectivity index (χ4v) is 5.51. The Morgan fingerprint density at radius 1 is 1.25 bits per heavy atom. The fourth-order valence-electron chi connectivity index (χ4n) is 5.51. The molecular formula is C29H29FN6O4. The number of aliphatic hydroxyl groups is 2. The van der Waals surface area contributed by atoms with Crippen molar-refractivity contribution in [3.63, 3.8) is 0 Å². The van der Waals surface area contributed by atoms with Crippen molar-refractivity contribution in [3.8, 4) is 34.5 Å². The molecule has 1 aliphatic carbocycles. The van der Waals surface area contributed by atoms with Crippen LogP contribution >= 0.6 is 0 Å². The van der Waals surface area contributed by atoms with Gasteiger partial charge in [0.25, 0.3) is 5.91 Å². The predicted molar refractivity (Wildman–Crippen MR) is 142 cm³/mol. The molecule has 0 unspecified atom stereocenters. The second-order valence-corrected chi connectivity index (χ2v) is 11.5. The number of imidazole rings is 1. The number of halogens is 1. The molecule has 11 heteroatoms. The Morgan fingerprint density at radius 2 is 2.00 bits per heavy atom. The van der Waals surface area contributed by atoms with Crippen LogP contribution in [0.2, 0.25) is 0 Å². The molecule has 0 saturated heterocycles. The van der Waals surface area contributed by atoms with Gasteiger partial charge in [0, 0.05) is 29.4 Å². The highest BCUT2D eigenvalue weighted by atomic mass is 19.1. The van der Waals surface area contributed by atoms with Crippen molar-refractivity contribution in [2.75, 3.05) is 0 Å². The number of benzene rings is 1. The van der Waals surface area contributed by atoms with Crippen LogP contribution in [0.25, 0.3) is 22.6 Å². The Bertz CT molecular complexity index is 1720. The van der Waals surface area contributed by atoms with Gasteiger partial charge in [-0.25, -0.2) is 9.37 Å². The van der Waals surface area contributed by atoms with E-state index >= 15 is 4.39 Å². The molecule has 7 rings (SSSR count). The maximum atomic E-state index is 15.3. The van der Waals surface area contributed by atoms with Gasteiger partial charge in [-0.05, 0) is 64.2 Å². The van der Waals surface area contributed by atoms with E-state index in [0.717, 1.165) is 18.4 Å². The minimum atomic E-state index is -1.66. The highest BCUT2D eigenvalue weighted by Gasteiger charge is 2.42. The third kappa shape index (κ3) is 4.39. The summed E-state index contributed by atoms with van der Waals surface area (Å²) in [7, 11) is 0. The minimum Gasteiger partial charge on any atom is -0.389 e. The van der Waals surface area contributed by atoms with Gasteiger partial charge in [0.2, 0.25) is 0 Å². The van der Waals surface area contributed by atoms with E-state index in [4.69, 9.17) is 10.3 Å². The van der Waals surface area contributed by atoms with Gasteiger partial charge in [0.05, 0.1) is 29.6 Å². The molecule has 1 aromatic carbocycles. The number of amides is 1. The summed E-state index contributed by atoms with van der Waals surface area (Å²) in [5.74, 6) is 5.42. The van der Waals surface area contributed by atoms with Crippen LogP contribution in [0.3, 0.4) is 0 Å². The van der Waals surface area contributed by atoms with Gasteiger partial charge in [0.1, 0.15) is 23.1 Å². The molecule has 4 N–H and O–H groups in total. The number of aryl methyl sites for hydroxylation is 1. The van der Waals surface area contributed by atoms with Crippen LogP contribution in [0.4, 0.5) is 4.39 Å². The Labute approximate surface area is 229 Å². The average Bonchev–Trinajstić information content (AvgIpc) is 3.52. The lowest BCUT2D eigenvalue weighted by atomic mass is 9.75. The van der Waals surface area contributed by atoms with E-state index in [1.165, 1.54) is 13.0 Å². The Hall–Kier alpha value is -4.27. The lowest BCUT2D eigenvalue weighted by Gasteiger charge is -2.35. The molecule has 1 atom stereocenters. The third-order valence-corrected chi connectivity index (χ3v) is 7.47. The molecule has 40 heavy (non-hydrogen) atoms. The van der Waals surface area contributed by atoms with Crippen molar-refractivity contribution in [2.45, 2.75) is 70.2 Å². The van der Waals surface area contributed by atoms with Gasteiger partial charge in [0.15, 0.2) is 11.3 Å². The van der Waals surface area contributed by atoms with E-state index in [1.54, 1.807) is 50.0 Å². The summed E-state index contributed by atoms with van der Waals surface area (Å²) in [4.78, 5) is 17.3. The number of carbonyl (C=O) groups excluding carboxylic acids is 1. The molecule has 0 radical (unpaired) electrons. The van der Waals surface area contributed by atoms with Crippen LogP contribution < -0.4 is 5.73 Å². The summed E-state index contributed by atoms with van der Waals surface area (Å²) < 4.78 is 24.0. The monoisotopic (exact) mass is 544 g/mol. The fraction of sp³-hybridized carbons (Fsp3) is 0.379. The minimum absolute atomic E-state index is 0.0365. The number of hydrogen-bond acceptors (Lipinski definition) is 7. The van der Waals surface area contributed by atoms with Crippen LogP contribution in [0.5, 0.6) is 0 Å². The maximum absolute atomic E-state index is 15.3. The first-order valence-electron chi connectivity index (χ1n) is 13.0. The summed E-state index contributed by atoms with van der Waals surface area (Å²) in [5.41, 5.74) is 6.18. The van der Waals surface area contributed by atoms with E-state index in [0.29, 0.717) is 28.4 Å². The van der Waals surface area contributed by atoms with Gasteiger partial charge in [-0.3, -0.25) is 9.48 Å². The topological polar surface area (TPSA) is 145 Å². The highest BCUT2D eigenvalue weighted by Crippen LogP contribution is 2.54. The van der Waals surface area contributed by atoms with Gasteiger partial charge in [-0.15, -0.1) is 0 Å². The lowest BCUT2D eigenvalue weighted by molar-refractivity contribution is 0.0577. The number of primary amides is 1. The summed E-state index contributed by atoms with van der Waals surface area (Å²) in [6.45, 7) is 6.79. The Morgan fingerprint density at radius 3 is 2.65 bits per heavy atom. The molecule has 1 amide bonds. The standard InChI is InChI=1S/C29H29FN6O4/c1-15-7-23(34-40-15)29(4,39)6-5-16-10-21-20(11-22(16)30)17-8-19(9-17)36-25(24(26(31)37)33-27(21)36)18-12-32-35(13-18)14-28(2,3)38/h7,10-13,17,19,38-39H,8-9,14H2,1-4H3,(H2,31,37)/t17?,19?,29-/m1/s1. The van der Waals surface area contributed by atoms with Gasteiger partial charge < -0.3 is 25.0 Å². The predicted octanol–water partition coefficient (Wildman–Crippen LogP) is 3.41. The zero-order chi connectivity index (χ0) is 28.6. The molecule has 3 aliphatic rings. The molecule has 3 aromatic heterocycles. The Balaban J connectivity index is 1.48. The molecule has 1 saturated carbocycles. The normalized spacial score (nSPS) is 19.0. The van der Waals surface area contributed by atoms with Crippen molar-refractivity contribution in [2.24, 2.45) is 5.73 Å². The molecule has 5 heterocycles. The zero-order valence-electron chi connectivity index (χ0n) is 22.6. The first-order chi connectivity index (χ1) is 18.8. The molecular weight excluding hydrogens is 515 g/mol. The van der Waals surface area contributed by atoms with Crippen LogP contribution in [-0.2, 0) is 12.1 Å². The number of hydrogen-bond donors (Lipinski definition) is 3. The quantitative estimate of drug-likeness (QED) is 0.327. The van der Waals surface area contributed by atoms with Crippen LogP contribution in [-0.4, -0.2) is 46.2 Å². The summed E-state index contributed by atoms with van der Waals surface area (Å²) in [6, 6.07) is 4.70. The van der Waals surface area contributed by atoms with Crippen molar-refractivity contribution < 1.29 is 23.9 Å². The summed E-state index contributed by atoms with van der Waals surface area (Å²) in [5, 5.41) is 29.3. The number of carbonyl (C=O) groups is 1. The van der Waals surface area contributed by atoms with Crippen LogP contribution in [0.15, 0.2) is 35.1 Å². The smallest absolute Gasteiger partial charge is 0.269 e. The van der Waals surface area contributed by atoms with E-state index in [9.17, 15) is 15.0 Å². The molecule has 2 bridgehead atoms. The van der Waals surface area contributed by atoms with Crippen molar-refractivity contribution in [3.05, 3.63) is 64.7 Å². The lowest BCUT2D eigenvalue weighted by Crippen LogP contribution is -2.26. The molecule has 206 valence electrons. The van der Waals surface area contributed by atoms with E-state index in [1.807, 2.05) is 4.57 Å². The second-order valence-electron chi connectivity index (χ2n) is 11.5. The summed E-state index contributed by atoms with van der Waals surface area (Å²) in [6.07, 6.45) is 4.89. The molecule has 10 nitrogen and oxygen atoms in total. The number of aromatic nitrogens is 5. The Kier molecular flexibility index (Phi) is 5.76. The molecule has 1 fully saturated rings. The van der Waals surface area contributed by atoms with E-state index in [2.05, 4.69) is 27.1 Å². The van der Waals surface area contributed by atoms with Crippen molar-refractivity contribution in [1.82, 2.24) is 24.5 Å². The highest BCUT2D eigenvalue weighted by molar-refractivity contribution is 5.98. The van der Waals surface area contributed by atoms with Crippen LogP contribution in [0, 0.1) is 24.6 Å². The van der Waals surface area contributed by atoms with Crippen LogP contribution in [0.1, 0.15) is 78.6 Å². The first kappa shape index (κ1) is 26.0. The number of nitrogens with zero attached hydrogens (tertiary/aromatic N) is 5. The van der Waals surface area contributed by atoms with E-state index < -0.39 is 22.9 Å². The first-order valence-corrected chi connectivity index (χ1v) is 13.0. The molecule has 4 aromatic rings. The maximum Gasteiger partial charge on any atom is 0.269 e. The SMILES string of the molecule is Cc1cc([C@](C)(O)C#Cc2cc3c(cc2F)C2CC(C2)n2c-3nc(C(N)=O)c2-c2cnn(CC(C)(C)O)c2)no1. The summed E-state index contributed by atoms with van der Waals surface area (Å²) >= 11 is 0. The molecule has 0 spiro atoms. The van der Waals surface area contributed by atoms with Gasteiger partial charge in [-0.2, -0.15) is 5.10 Å². The number of nitrogens with two attached hydrogens (primary N) is 1. The van der Waals surface area contributed by atoms with Gasteiger partial charge in [-0.1, -0.05) is 17.0 Å². The molecule has 2 aliphatic heterocycles. The largest absolute Gasteiger partial charge is 0.389 e. The third-order valence-electron chi connectivity index (χ3n) is 7.47. The van der Waals surface area contributed by atoms with Gasteiger partial charge >= 0.3 is 0 Å². The zero-order valence-corrected chi connectivity index (χ0v) is 22.6.